The normalized spacial score (nSPS) is 10.8. The Morgan fingerprint density at radius 2 is 2.17 bits per heavy atom. The van der Waals surface area contributed by atoms with Crippen LogP contribution in [0.1, 0.15) is 17.0 Å². The van der Waals surface area contributed by atoms with Gasteiger partial charge in [-0.2, -0.15) is 0 Å². The van der Waals surface area contributed by atoms with Crippen molar-refractivity contribution in [3.05, 3.63) is 33.2 Å². The molecule has 0 fully saturated rings. The number of halogens is 1. The van der Waals surface area contributed by atoms with Gasteiger partial charge >= 0.3 is 0 Å². The summed E-state index contributed by atoms with van der Waals surface area (Å²) in [4.78, 5) is 0. The van der Waals surface area contributed by atoms with Crippen LogP contribution >= 0.6 is 27.3 Å². The molecular formula is C13H16BrN3S. The Hall–Kier alpha value is -0.780. The molecule has 2 rings (SSSR count). The monoisotopic (exact) mass is 325 g/mol. The zero-order chi connectivity index (χ0) is 13.0. The Bertz CT molecular complexity index is 525. The van der Waals surface area contributed by atoms with Gasteiger partial charge in [0.05, 0.1) is 0 Å². The highest BCUT2D eigenvalue weighted by Gasteiger charge is 2.10. The van der Waals surface area contributed by atoms with Crippen molar-refractivity contribution in [2.45, 2.75) is 19.8 Å². The summed E-state index contributed by atoms with van der Waals surface area (Å²) in [5, 5.41) is 13.8. The summed E-state index contributed by atoms with van der Waals surface area (Å²) in [6.45, 7) is 3.10. The number of aromatic nitrogens is 2. The van der Waals surface area contributed by atoms with Crippen molar-refractivity contribution < 1.29 is 0 Å². The molecule has 96 valence electrons. The summed E-state index contributed by atoms with van der Waals surface area (Å²) >= 11 is 5.30. The van der Waals surface area contributed by atoms with Gasteiger partial charge in [0.25, 0.3) is 0 Å². The second kappa shape index (κ2) is 6.41. The fourth-order valence-corrected chi connectivity index (χ4v) is 3.19. The second-order valence-electron chi connectivity index (χ2n) is 4.14. The molecule has 0 radical (unpaired) electrons. The van der Waals surface area contributed by atoms with Crippen molar-refractivity contribution in [2.75, 3.05) is 13.6 Å². The maximum Gasteiger partial charge on any atom is 0.148 e. The lowest BCUT2D eigenvalue weighted by molar-refractivity contribution is 0.718. The van der Waals surface area contributed by atoms with Gasteiger partial charge in [0.1, 0.15) is 10.0 Å². The van der Waals surface area contributed by atoms with Crippen LogP contribution in [0.25, 0.3) is 10.6 Å². The predicted molar refractivity (Wildman–Crippen MR) is 80.0 cm³/mol. The molecule has 0 spiro atoms. The van der Waals surface area contributed by atoms with E-state index in [9.17, 15) is 0 Å². The summed E-state index contributed by atoms with van der Waals surface area (Å²) in [5.41, 5.74) is 2.35. The number of nitrogens with zero attached hydrogens (tertiary/aromatic N) is 2. The molecule has 0 saturated heterocycles. The average Bonchev–Trinajstić information content (AvgIpc) is 2.82. The van der Waals surface area contributed by atoms with Crippen LogP contribution in [0.4, 0.5) is 0 Å². The molecule has 0 saturated carbocycles. The molecule has 0 unspecified atom stereocenters. The minimum atomic E-state index is 0.988. The second-order valence-corrected chi connectivity index (χ2v) is 6.00. The van der Waals surface area contributed by atoms with Gasteiger partial charge in [-0.15, -0.1) is 10.2 Å². The molecule has 1 aromatic heterocycles. The first-order valence-electron chi connectivity index (χ1n) is 5.95. The van der Waals surface area contributed by atoms with Gasteiger partial charge in [0.15, 0.2) is 0 Å². The number of benzene rings is 1. The SMILES string of the molecule is CNCCCc1nnc(-c2cccc(C)c2Br)s1. The first kappa shape index (κ1) is 13.6. The van der Waals surface area contributed by atoms with Gasteiger partial charge in [0.2, 0.25) is 0 Å². The highest BCUT2D eigenvalue weighted by atomic mass is 79.9. The van der Waals surface area contributed by atoms with E-state index >= 15 is 0 Å². The first-order valence-corrected chi connectivity index (χ1v) is 7.56. The molecule has 0 bridgehead atoms. The fourth-order valence-electron chi connectivity index (χ4n) is 1.69. The molecule has 2 aromatic rings. The molecule has 0 aliphatic carbocycles. The topological polar surface area (TPSA) is 37.8 Å². The maximum atomic E-state index is 4.29. The van der Waals surface area contributed by atoms with E-state index in [-0.39, 0.29) is 0 Å². The van der Waals surface area contributed by atoms with Gasteiger partial charge in [-0.1, -0.05) is 29.5 Å². The molecular weight excluding hydrogens is 310 g/mol. The summed E-state index contributed by atoms with van der Waals surface area (Å²) < 4.78 is 1.11. The summed E-state index contributed by atoms with van der Waals surface area (Å²) in [6, 6.07) is 6.22. The van der Waals surface area contributed by atoms with Crippen LogP contribution in [-0.4, -0.2) is 23.8 Å². The quantitative estimate of drug-likeness (QED) is 0.856. The van der Waals surface area contributed by atoms with Gasteiger partial charge in [-0.25, -0.2) is 0 Å². The molecule has 5 heteroatoms. The van der Waals surface area contributed by atoms with Crippen LogP contribution in [0.15, 0.2) is 22.7 Å². The molecule has 0 amide bonds. The summed E-state index contributed by atoms with van der Waals surface area (Å²) in [5.74, 6) is 0. The van der Waals surface area contributed by atoms with Crippen LogP contribution in [0.3, 0.4) is 0 Å². The van der Waals surface area contributed by atoms with Crippen LogP contribution in [-0.2, 0) is 6.42 Å². The van der Waals surface area contributed by atoms with E-state index < -0.39 is 0 Å². The van der Waals surface area contributed by atoms with Gasteiger partial charge in [0, 0.05) is 16.5 Å². The molecule has 3 nitrogen and oxygen atoms in total. The lowest BCUT2D eigenvalue weighted by atomic mass is 10.1. The van der Waals surface area contributed by atoms with E-state index in [0.717, 1.165) is 39.4 Å². The number of aryl methyl sites for hydroxylation is 2. The smallest absolute Gasteiger partial charge is 0.148 e. The number of hydrogen-bond acceptors (Lipinski definition) is 4. The third kappa shape index (κ3) is 3.16. The Labute approximate surface area is 120 Å². The molecule has 0 aliphatic heterocycles. The van der Waals surface area contributed by atoms with E-state index in [1.807, 2.05) is 7.05 Å². The van der Waals surface area contributed by atoms with Crippen molar-refractivity contribution >= 4 is 27.3 Å². The lowest BCUT2D eigenvalue weighted by Crippen LogP contribution is -2.08. The van der Waals surface area contributed by atoms with Gasteiger partial charge < -0.3 is 5.32 Å². The van der Waals surface area contributed by atoms with E-state index in [0.29, 0.717) is 0 Å². The van der Waals surface area contributed by atoms with Crippen molar-refractivity contribution in [1.29, 1.82) is 0 Å². The highest BCUT2D eigenvalue weighted by molar-refractivity contribution is 9.10. The zero-order valence-electron chi connectivity index (χ0n) is 10.5. The Kier molecular flexibility index (Phi) is 4.86. The third-order valence-electron chi connectivity index (χ3n) is 2.71. The molecule has 0 aliphatic rings. The highest BCUT2D eigenvalue weighted by Crippen LogP contribution is 2.32. The number of nitrogens with one attached hydrogen (secondary N) is 1. The van der Waals surface area contributed by atoms with E-state index in [2.05, 4.69) is 56.6 Å². The van der Waals surface area contributed by atoms with E-state index in [1.54, 1.807) is 11.3 Å². The predicted octanol–water partition coefficient (Wildman–Crippen LogP) is 3.43. The van der Waals surface area contributed by atoms with Gasteiger partial charge in [-0.3, -0.25) is 0 Å². The maximum absolute atomic E-state index is 4.29. The van der Waals surface area contributed by atoms with Crippen molar-refractivity contribution in [3.8, 4) is 10.6 Å². The minimum Gasteiger partial charge on any atom is -0.320 e. The molecule has 18 heavy (non-hydrogen) atoms. The largest absolute Gasteiger partial charge is 0.320 e. The molecule has 1 aromatic carbocycles. The van der Waals surface area contributed by atoms with E-state index in [1.165, 1.54) is 5.56 Å². The summed E-state index contributed by atoms with van der Waals surface area (Å²) in [7, 11) is 1.97. The average molecular weight is 326 g/mol. The first-order chi connectivity index (χ1) is 8.72. The van der Waals surface area contributed by atoms with Crippen LogP contribution in [0.2, 0.25) is 0 Å². The number of hydrogen-bond donors (Lipinski definition) is 1. The standard InChI is InChI=1S/C13H16BrN3S/c1-9-5-3-6-10(12(9)14)13-17-16-11(18-13)7-4-8-15-2/h3,5-6,15H,4,7-8H2,1-2H3. The summed E-state index contributed by atoms with van der Waals surface area (Å²) in [6.07, 6.45) is 2.09. The van der Waals surface area contributed by atoms with Gasteiger partial charge in [-0.05, 0) is 48.4 Å². The fraction of sp³-hybridized carbons (Fsp3) is 0.385. The Morgan fingerprint density at radius 3 is 2.94 bits per heavy atom. The molecule has 0 atom stereocenters. The van der Waals surface area contributed by atoms with Crippen molar-refractivity contribution in [2.24, 2.45) is 0 Å². The minimum absolute atomic E-state index is 0.988. The Balaban J connectivity index is 2.16. The van der Waals surface area contributed by atoms with Crippen molar-refractivity contribution in [1.82, 2.24) is 15.5 Å². The lowest BCUT2D eigenvalue weighted by Gasteiger charge is -2.02. The van der Waals surface area contributed by atoms with Crippen LogP contribution in [0.5, 0.6) is 0 Å². The zero-order valence-corrected chi connectivity index (χ0v) is 12.9. The molecule has 1 N–H and O–H groups in total. The van der Waals surface area contributed by atoms with Crippen molar-refractivity contribution in [3.63, 3.8) is 0 Å². The molecule has 1 heterocycles. The van der Waals surface area contributed by atoms with Crippen LogP contribution < -0.4 is 5.32 Å². The third-order valence-corrected chi connectivity index (χ3v) is 4.78. The Morgan fingerprint density at radius 1 is 1.33 bits per heavy atom. The van der Waals surface area contributed by atoms with Crippen LogP contribution in [0, 0.1) is 6.92 Å². The number of rotatable bonds is 5. The van der Waals surface area contributed by atoms with E-state index in [4.69, 9.17) is 0 Å².